The number of carbonyl (C=O) groups is 1. The van der Waals surface area contributed by atoms with Gasteiger partial charge in [-0.2, -0.15) is 16.3 Å². The Hall–Kier alpha value is -1.69. The molecule has 94 valence electrons. The molecule has 1 N–H and O–H groups in total. The molecule has 2 atom stereocenters. The van der Waals surface area contributed by atoms with Gasteiger partial charge in [0.05, 0.1) is 11.8 Å². The zero-order valence-corrected chi connectivity index (χ0v) is 10.4. The topological polar surface area (TPSA) is 76.2 Å². The first-order chi connectivity index (χ1) is 8.75. The first-order valence-corrected chi connectivity index (χ1v) is 6.79. The fourth-order valence-corrected chi connectivity index (χ4v) is 3.08. The highest BCUT2D eigenvalue weighted by Crippen LogP contribution is 2.39. The van der Waals surface area contributed by atoms with Crippen molar-refractivity contribution >= 4 is 17.3 Å². The van der Waals surface area contributed by atoms with Crippen molar-refractivity contribution in [1.82, 2.24) is 10.1 Å². The minimum absolute atomic E-state index is 0.137. The summed E-state index contributed by atoms with van der Waals surface area (Å²) in [5, 5.41) is 17.0. The summed E-state index contributed by atoms with van der Waals surface area (Å²) in [5.74, 6) is -0.292. The van der Waals surface area contributed by atoms with Gasteiger partial charge in [-0.1, -0.05) is 11.6 Å². The monoisotopic (exact) mass is 264 g/mol. The van der Waals surface area contributed by atoms with Crippen molar-refractivity contribution in [3.05, 3.63) is 22.7 Å². The van der Waals surface area contributed by atoms with Crippen LogP contribution >= 0.6 is 11.3 Å². The molecule has 0 amide bonds. The lowest BCUT2D eigenvalue weighted by Gasteiger charge is -2.09. The number of thiophene rings is 1. The van der Waals surface area contributed by atoms with Gasteiger partial charge in [0.25, 0.3) is 0 Å². The summed E-state index contributed by atoms with van der Waals surface area (Å²) >= 11 is 1.57. The van der Waals surface area contributed by atoms with E-state index in [1.54, 1.807) is 11.3 Å². The van der Waals surface area contributed by atoms with Gasteiger partial charge in [-0.05, 0) is 24.3 Å². The number of rotatable bonds is 3. The van der Waals surface area contributed by atoms with E-state index in [1.807, 2.05) is 16.8 Å². The molecule has 0 spiro atoms. The standard InChI is InChI=1S/C12H12N2O3S/c15-12(16)9-3-1-2-8(9)11-13-10(14-17-11)7-4-5-18-6-7/h4-6,8-9H,1-3H2,(H,15,16). The second kappa shape index (κ2) is 4.53. The van der Waals surface area contributed by atoms with Crippen LogP contribution in [-0.2, 0) is 4.79 Å². The number of nitrogens with zero attached hydrogens (tertiary/aromatic N) is 2. The van der Waals surface area contributed by atoms with E-state index in [-0.39, 0.29) is 11.8 Å². The SMILES string of the molecule is O=C(O)C1CCCC1c1nc(-c2ccsc2)no1. The molecule has 0 saturated heterocycles. The zero-order chi connectivity index (χ0) is 12.5. The normalized spacial score (nSPS) is 23.3. The maximum absolute atomic E-state index is 11.1. The predicted molar refractivity (Wildman–Crippen MR) is 65.3 cm³/mol. The van der Waals surface area contributed by atoms with E-state index in [9.17, 15) is 4.79 Å². The number of carboxylic acid groups (broad SMARTS) is 1. The van der Waals surface area contributed by atoms with Gasteiger partial charge in [0.1, 0.15) is 0 Å². The van der Waals surface area contributed by atoms with Gasteiger partial charge in [0.2, 0.25) is 11.7 Å². The lowest BCUT2D eigenvalue weighted by molar-refractivity contribution is -0.142. The van der Waals surface area contributed by atoms with E-state index in [0.29, 0.717) is 18.1 Å². The van der Waals surface area contributed by atoms with Crippen molar-refractivity contribution in [3.8, 4) is 11.4 Å². The third kappa shape index (κ3) is 1.92. The minimum atomic E-state index is -0.771. The van der Waals surface area contributed by atoms with E-state index in [4.69, 9.17) is 9.63 Å². The van der Waals surface area contributed by atoms with Gasteiger partial charge in [-0.15, -0.1) is 0 Å². The molecule has 2 aromatic rings. The summed E-state index contributed by atoms with van der Waals surface area (Å²) in [7, 11) is 0. The van der Waals surface area contributed by atoms with Crippen molar-refractivity contribution in [2.24, 2.45) is 5.92 Å². The van der Waals surface area contributed by atoms with Crippen LogP contribution < -0.4 is 0 Å². The first kappa shape index (κ1) is 11.4. The van der Waals surface area contributed by atoms with E-state index in [2.05, 4.69) is 10.1 Å². The Labute approximate surface area is 107 Å². The van der Waals surface area contributed by atoms with Gasteiger partial charge < -0.3 is 9.63 Å². The van der Waals surface area contributed by atoms with Crippen LogP contribution in [0, 0.1) is 5.92 Å². The van der Waals surface area contributed by atoms with Crippen molar-refractivity contribution < 1.29 is 14.4 Å². The number of aromatic nitrogens is 2. The molecule has 3 rings (SSSR count). The molecule has 2 aromatic heterocycles. The fourth-order valence-electron chi connectivity index (χ4n) is 2.45. The highest BCUT2D eigenvalue weighted by atomic mass is 32.1. The largest absolute Gasteiger partial charge is 0.481 e. The molecule has 1 fully saturated rings. The van der Waals surface area contributed by atoms with Gasteiger partial charge in [0, 0.05) is 10.9 Å². The maximum atomic E-state index is 11.1. The van der Waals surface area contributed by atoms with Crippen LogP contribution in [0.15, 0.2) is 21.3 Å². The molecule has 0 aliphatic heterocycles. The lowest BCUT2D eigenvalue weighted by Crippen LogP contribution is -2.17. The third-order valence-electron chi connectivity index (χ3n) is 3.37. The van der Waals surface area contributed by atoms with E-state index in [1.165, 1.54) is 0 Å². The van der Waals surface area contributed by atoms with Crippen molar-refractivity contribution in [2.45, 2.75) is 25.2 Å². The summed E-state index contributed by atoms with van der Waals surface area (Å²) < 4.78 is 5.23. The van der Waals surface area contributed by atoms with Gasteiger partial charge >= 0.3 is 5.97 Å². The molecule has 2 unspecified atom stereocenters. The summed E-state index contributed by atoms with van der Waals surface area (Å²) in [5.41, 5.74) is 0.917. The summed E-state index contributed by atoms with van der Waals surface area (Å²) in [4.78, 5) is 15.5. The molecule has 5 nitrogen and oxygen atoms in total. The maximum Gasteiger partial charge on any atom is 0.307 e. The zero-order valence-electron chi connectivity index (χ0n) is 9.57. The summed E-state index contributed by atoms with van der Waals surface area (Å²) in [6.45, 7) is 0. The Morgan fingerprint density at radius 2 is 2.39 bits per heavy atom. The van der Waals surface area contributed by atoms with Crippen LogP contribution in [0.25, 0.3) is 11.4 Å². The van der Waals surface area contributed by atoms with Gasteiger partial charge in [-0.3, -0.25) is 4.79 Å². The second-order valence-corrected chi connectivity index (χ2v) is 5.23. The van der Waals surface area contributed by atoms with Crippen molar-refractivity contribution in [3.63, 3.8) is 0 Å². The van der Waals surface area contributed by atoms with Crippen LogP contribution in [0.2, 0.25) is 0 Å². The highest BCUT2D eigenvalue weighted by molar-refractivity contribution is 7.08. The average molecular weight is 264 g/mol. The van der Waals surface area contributed by atoms with Crippen LogP contribution in [-0.4, -0.2) is 21.2 Å². The quantitative estimate of drug-likeness (QED) is 0.922. The Morgan fingerprint density at radius 1 is 1.50 bits per heavy atom. The Balaban J connectivity index is 1.87. The molecular weight excluding hydrogens is 252 g/mol. The molecule has 2 heterocycles. The van der Waals surface area contributed by atoms with Crippen molar-refractivity contribution in [2.75, 3.05) is 0 Å². The highest BCUT2D eigenvalue weighted by Gasteiger charge is 2.37. The van der Waals surface area contributed by atoms with Crippen LogP contribution in [0.5, 0.6) is 0 Å². The summed E-state index contributed by atoms with van der Waals surface area (Å²) in [6.07, 6.45) is 2.40. The minimum Gasteiger partial charge on any atom is -0.481 e. The molecule has 1 aliphatic carbocycles. The van der Waals surface area contributed by atoms with E-state index in [0.717, 1.165) is 18.4 Å². The van der Waals surface area contributed by atoms with Crippen LogP contribution in [0.3, 0.4) is 0 Å². The van der Waals surface area contributed by atoms with Gasteiger partial charge in [-0.25, -0.2) is 0 Å². The molecule has 0 aromatic carbocycles. The van der Waals surface area contributed by atoms with Crippen LogP contribution in [0.1, 0.15) is 31.1 Å². The molecule has 1 saturated carbocycles. The lowest BCUT2D eigenvalue weighted by atomic mass is 9.96. The molecule has 1 aliphatic rings. The number of carboxylic acids is 1. The van der Waals surface area contributed by atoms with E-state index >= 15 is 0 Å². The number of hydrogen-bond donors (Lipinski definition) is 1. The smallest absolute Gasteiger partial charge is 0.307 e. The Bertz CT molecular complexity index is 549. The van der Waals surface area contributed by atoms with Crippen LogP contribution in [0.4, 0.5) is 0 Å². The first-order valence-electron chi connectivity index (χ1n) is 5.84. The number of hydrogen-bond acceptors (Lipinski definition) is 5. The fraction of sp³-hybridized carbons (Fsp3) is 0.417. The molecular formula is C12H12N2O3S. The Morgan fingerprint density at radius 3 is 3.11 bits per heavy atom. The molecule has 0 radical (unpaired) electrons. The van der Waals surface area contributed by atoms with Gasteiger partial charge in [0.15, 0.2) is 0 Å². The van der Waals surface area contributed by atoms with Crippen molar-refractivity contribution in [1.29, 1.82) is 0 Å². The average Bonchev–Trinajstić information content (AvgIpc) is 3.10. The molecule has 6 heteroatoms. The third-order valence-corrected chi connectivity index (χ3v) is 4.05. The summed E-state index contributed by atoms with van der Waals surface area (Å²) in [6, 6.07) is 1.92. The number of aliphatic carboxylic acids is 1. The molecule has 18 heavy (non-hydrogen) atoms. The van der Waals surface area contributed by atoms with E-state index < -0.39 is 5.97 Å². The predicted octanol–water partition coefficient (Wildman–Crippen LogP) is 2.77. The Kier molecular flexibility index (Phi) is 2.87. The second-order valence-electron chi connectivity index (χ2n) is 4.45. The molecule has 0 bridgehead atoms.